The van der Waals surface area contributed by atoms with Crippen LogP contribution in [0.1, 0.15) is 30.4 Å². The molecular formula is C27H27NO5. The van der Waals surface area contributed by atoms with Crippen LogP contribution in [-0.2, 0) is 15.2 Å². The summed E-state index contributed by atoms with van der Waals surface area (Å²) in [5, 5.41) is 11.5. The molecule has 2 unspecified atom stereocenters. The van der Waals surface area contributed by atoms with Crippen LogP contribution in [0.4, 0.5) is 5.69 Å². The lowest BCUT2D eigenvalue weighted by Crippen LogP contribution is -2.43. The van der Waals surface area contributed by atoms with Crippen molar-refractivity contribution in [3.05, 3.63) is 90.0 Å². The number of benzene rings is 3. The van der Waals surface area contributed by atoms with Crippen LogP contribution in [0.25, 0.3) is 0 Å². The highest BCUT2D eigenvalue weighted by Gasteiger charge is 2.51. The van der Waals surface area contributed by atoms with Crippen LogP contribution in [0.3, 0.4) is 0 Å². The predicted octanol–water partition coefficient (Wildman–Crippen LogP) is 4.07. The Balaban J connectivity index is 1.52. The molecule has 1 N–H and O–H groups in total. The van der Waals surface area contributed by atoms with Gasteiger partial charge in [-0.15, -0.1) is 0 Å². The quantitative estimate of drug-likeness (QED) is 0.537. The van der Waals surface area contributed by atoms with Crippen molar-refractivity contribution in [2.45, 2.75) is 24.9 Å². The van der Waals surface area contributed by atoms with Gasteiger partial charge in [-0.3, -0.25) is 9.59 Å². The zero-order valence-electron chi connectivity index (χ0n) is 18.7. The van der Waals surface area contributed by atoms with E-state index >= 15 is 0 Å². The fourth-order valence-electron chi connectivity index (χ4n) is 4.22. The first-order valence-corrected chi connectivity index (χ1v) is 10.9. The highest BCUT2D eigenvalue weighted by Crippen LogP contribution is 2.43. The van der Waals surface area contributed by atoms with E-state index in [9.17, 15) is 14.7 Å². The second-order valence-corrected chi connectivity index (χ2v) is 8.11. The molecule has 170 valence electrons. The molecule has 1 aliphatic heterocycles. The molecule has 33 heavy (non-hydrogen) atoms. The Hall–Kier alpha value is -3.64. The first-order valence-electron chi connectivity index (χ1n) is 10.9. The van der Waals surface area contributed by atoms with Crippen LogP contribution >= 0.6 is 0 Å². The van der Waals surface area contributed by atoms with E-state index in [0.717, 1.165) is 5.56 Å². The Bertz CT molecular complexity index is 1150. The second kappa shape index (κ2) is 9.46. The smallest absolute Gasteiger partial charge is 0.264 e. The fraction of sp³-hybridized carbons (Fsp3) is 0.259. The Morgan fingerprint density at radius 3 is 2.33 bits per heavy atom. The first-order chi connectivity index (χ1) is 16.0. The third kappa shape index (κ3) is 4.34. The molecule has 0 spiro atoms. The van der Waals surface area contributed by atoms with E-state index in [1.54, 1.807) is 50.4 Å². The topological polar surface area (TPSA) is 76.1 Å². The minimum Gasteiger partial charge on any atom is -0.493 e. The van der Waals surface area contributed by atoms with Crippen LogP contribution in [-0.4, -0.2) is 37.1 Å². The second-order valence-electron chi connectivity index (χ2n) is 8.11. The van der Waals surface area contributed by atoms with Gasteiger partial charge in [-0.2, -0.15) is 0 Å². The summed E-state index contributed by atoms with van der Waals surface area (Å²) in [5.41, 5.74) is -0.0113. The minimum absolute atomic E-state index is 0.195. The zero-order chi connectivity index (χ0) is 23.4. The number of nitrogens with zero attached hydrogens (tertiary/aromatic N) is 1. The average Bonchev–Trinajstić information content (AvgIpc) is 3.06. The largest absolute Gasteiger partial charge is 0.493 e. The molecule has 0 saturated carbocycles. The van der Waals surface area contributed by atoms with Gasteiger partial charge in [-0.25, -0.2) is 0 Å². The molecule has 1 heterocycles. The lowest BCUT2D eigenvalue weighted by Gasteiger charge is -2.24. The van der Waals surface area contributed by atoms with Crippen LogP contribution in [0.5, 0.6) is 11.5 Å². The molecule has 6 nitrogen and oxygen atoms in total. The normalized spacial score (nSPS) is 18.0. The summed E-state index contributed by atoms with van der Waals surface area (Å²) in [6.45, 7) is 2.22. The van der Waals surface area contributed by atoms with E-state index in [2.05, 4.69) is 0 Å². The van der Waals surface area contributed by atoms with Gasteiger partial charge in [0.1, 0.15) is 12.4 Å². The number of hydrogen-bond donors (Lipinski definition) is 1. The molecule has 6 heteroatoms. The van der Waals surface area contributed by atoms with Crippen molar-refractivity contribution in [3.8, 4) is 11.5 Å². The van der Waals surface area contributed by atoms with Gasteiger partial charge in [0.25, 0.3) is 5.91 Å². The Morgan fingerprint density at radius 1 is 0.970 bits per heavy atom. The van der Waals surface area contributed by atoms with Gasteiger partial charge in [0.15, 0.2) is 17.1 Å². The number of methoxy groups -OCH3 is 1. The van der Waals surface area contributed by atoms with Gasteiger partial charge in [0.05, 0.1) is 19.3 Å². The van der Waals surface area contributed by atoms with Gasteiger partial charge in [-0.05, 0) is 23.8 Å². The molecule has 0 saturated heterocycles. The van der Waals surface area contributed by atoms with Crippen molar-refractivity contribution < 1.29 is 24.2 Å². The molecule has 0 radical (unpaired) electrons. The number of hydrogen-bond acceptors (Lipinski definition) is 5. The van der Waals surface area contributed by atoms with E-state index < -0.39 is 17.4 Å². The molecule has 0 aliphatic carbocycles. The molecule has 0 aromatic heterocycles. The molecule has 4 rings (SSSR count). The first kappa shape index (κ1) is 22.6. The zero-order valence-corrected chi connectivity index (χ0v) is 18.7. The summed E-state index contributed by atoms with van der Waals surface area (Å²) in [4.78, 5) is 27.9. The SMILES string of the molecule is COc1ccccc1OCCN1C(=O)C(O)(CC(=O)C(C)c2ccccc2)c2ccccc21. The molecule has 3 aromatic rings. The maximum Gasteiger partial charge on any atom is 0.264 e. The number of fused-ring (bicyclic) bond motifs is 1. The van der Waals surface area contributed by atoms with Crippen LogP contribution in [0.15, 0.2) is 78.9 Å². The van der Waals surface area contributed by atoms with Gasteiger partial charge < -0.3 is 19.5 Å². The molecule has 1 aliphatic rings. The number of ketones is 1. The standard InChI is InChI=1S/C27H27NO5/c1-19(20-10-4-3-5-11-20)23(29)18-27(31)21-12-6-7-13-22(21)28(26(27)30)16-17-33-25-15-9-8-14-24(25)32-2/h3-15,19,31H,16-18H2,1-2H3. The summed E-state index contributed by atoms with van der Waals surface area (Å²) < 4.78 is 11.1. The lowest BCUT2D eigenvalue weighted by atomic mass is 9.84. The van der Waals surface area contributed by atoms with Gasteiger partial charge in [0.2, 0.25) is 0 Å². The van der Waals surface area contributed by atoms with Crippen LogP contribution < -0.4 is 14.4 Å². The summed E-state index contributed by atoms with van der Waals surface area (Å²) in [6.07, 6.45) is -0.289. The van der Waals surface area contributed by atoms with Gasteiger partial charge in [-0.1, -0.05) is 67.6 Å². The van der Waals surface area contributed by atoms with E-state index in [1.807, 2.05) is 42.5 Å². The Kier molecular flexibility index (Phi) is 6.47. The van der Waals surface area contributed by atoms with Gasteiger partial charge in [0, 0.05) is 17.9 Å². The average molecular weight is 446 g/mol. The molecule has 3 aromatic carbocycles. The molecule has 2 atom stereocenters. The number of carbonyl (C=O) groups excluding carboxylic acids is 2. The minimum atomic E-state index is -1.90. The number of aliphatic hydroxyl groups is 1. The van der Waals surface area contributed by atoms with E-state index in [-0.39, 0.29) is 25.4 Å². The fourth-order valence-corrected chi connectivity index (χ4v) is 4.22. The number of Topliss-reactive ketones (excluding diaryl/α,β-unsaturated/α-hetero) is 1. The van der Waals surface area contributed by atoms with Gasteiger partial charge >= 0.3 is 0 Å². The Labute approximate surface area is 193 Å². The van der Waals surface area contributed by atoms with Crippen molar-refractivity contribution in [1.29, 1.82) is 0 Å². The van der Waals surface area contributed by atoms with Crippen molar-refractivity contribution in [1.82, 2.24) is 0 Å². The third-order valence-electron chi connectivity index (χ3n) is 6.09. The summed E-state index contributed by atoms with van der Waals surface area (Å²) >= 11 is 0. The van der Waals surface area contributed by atoms with E-state index in [4.69, 9.17) is 9.47 Å². The van der Waals surface area contributed by atoms with Crippen LogP contribution in [0.2, 0.25) is 0 Å². The predicted molar refractivity (Wildman–Crippen MR) is 126 cm³/mol. The molecule has 0 fully saturated rings. The maximum absolute atomic E-state index is 13.4. The van der Waals surface area contributed by atoms with Crippen molar-refractivity contribution in [2.24, 2.45) is 0 Å². The summed E-state index contributed by atoms with van der Waals surface area (Å²) in [5.74, 6) is 0.0303. The lowest BCUT2D eigenvalue weighted by molar-refractivity contribution is -0.142. The number of carbonyl (C=O) groups is 2. The summed E-state index contributed by atoms with van der Waals surface area (Å²) in [7, 11) is 1.57. The Morgan fingerprint density at radius 2 is 1.61 bits per heavy atom. The van der Waals surface area contributed by atoms with Crippen molar-refractivity contribution >= 4 is 17.4 Å². The number of anilines is 1. The summed E-state index contributed by atoms with van der Waals surface area (Å²) in [6, 6.07) is 23.7. The number of para-hydroxylation sites is 3. The maximum atomic E-state index is 13.4. The van der Waals surface area contributed by atoms with E-state index in [1.165, 1.54) is 4.90 Å². The number of rotatable bonds is 9. The highest BCUT2D eigenvalue weighted by atomic mass is 16.5. The molecule has 1 amide bonds. The monoisotopic (exact) mass is 445 g/mol. The molecule has 0 bridgehead atoms. The van der Waals surface area contributed by atoms with Crippen molar-refractivity contribution in [2.75, 3.05) is 25.2 Å². The number of amides is 1. The number of ether oxygens (including phenoxy) is 2. The van der Waals surface area contributed by atoms with Crippen molar-refractivity contribution in [3.63, 3.8) is 0 Å². The van der Waals surface area contributed by atoms with Crippen LogP contribution in [0, 0.1) is 0 Å². The highest BCUT2D eigenvalue weighted by molar-refractivity contribution is 6.09. The third-order valence-corrected chi connectivity index (χ3v) is 6.09. The molecular weight excluding hydrogens is 418 g/mol. The van der Waals surface area contributed by atoms with E-state index in [0.29, 0.717) is 22.7 Å².